The van der Waals surface area contributed by atoms with Crippen LogP contribution in [0.1, 0.15) is 43.7 Å². The Morgan fingerprint density at radius 1 is 0.867 bits per heavy atom. The molecule has 0 amide bonds. The van der Waals surface area contributed by atoms with Gasteiger partial charge in [0.2, 0.25) is 19.3 Å². The van der Waals surface area contributed by atoms with Gasteiger partial charge in [0.05, 0.1) is 10.9 Å². The summed E-state index contributed by atoms with van der Waals surface area (Å²) in [6, 6.07) is 8.61. The first-order valence-corrected chi connectivity index (χ1v) is 11.0. The largest absolute Gasteiger partial charge is 0.454 e. The van der Waals surface area contributed by atoms with Gasteiger partial charge in [-0.3, -0.25) is 0 Å². The Kier molecular flexibility index (Phi) is 4.22. The molecule has 0 aliphatic carbocycles. The van der Waals surface area contributed by atoms with Crippen molar-refractivity contribution >= 4 is 10.8 Å². The first-order valence-electron chi connectivity index (χ1n) is 11.0. The average Bonchev–Trinajstić information content (AvgIpc) is 3.43. The second-order valence-electron chi connectivity index (χ2n) is 8.33. The summed E-state index contributed by atoms with van der Waals surface area (Å²) in [5.74, 6) is 3.45. The van der Waals surface area contributed by atoms with Gasteiger partial charge >= 0.3 is 0 Å². The minimum Gasteiger partial charge on any atom is -0.454 e. The Labute approximate surface area is 176 Å². The van der Waals surface area contributed by atoms with Crippen LogP contribution in [0.4, 0.5) is 0 Å². The highest BCUT2D eigenvalue weighted by atomic mass is 16.7. The molecule has 0 radical (unpaired) electrons. The number of fused-ring (bicyclic) bond motifs is 7. The molecule has 3 aliphatic rings. The van der Waals surface area contributed by atoms with Crippen LogP contribution >= 0.6 is 0 Å². The van der Waals surface area contributed by atoms with Crippen molar-refractivity contribution in [2.75, 3.05) is 13.6 Å². The van der Waals surface area contributed by atoms with Crippen LogP contribution in [0.25, 0.3) is 22.0 Å². The normalized spacial score (nSPS) is 15.4. The van der Waals surface area contributed by atoms with Crippen LogP contribution in [0.3, 0.4) is 0 Å². The lowest BCUT2D eigenvalue weighted by Crippen LogP contribution is -2.41. The second kappa shape index (κ2) is 7.08. The van der Waals surface area contributed by atoms with Gasteiger partial charge in [0, 0.05) is 17.4 Å². The highest BCUT2D eigenvalue weighted by molar-refractivity contribution is 5.95. The Hall–Kier alpha value is -2.95. The monoisotopic (exact) mass is 404 g/mol. The number of ether oxygens (including phenoxy) is 4. The highest BCUT2D eigenvalue weighted by Crippen LogP contribution is 2.45. The van der Waals surface area contributed by atoms with Crippen LogP contribution in [-0.4, -0.2) is 13.6 Å². The minimum atomic E-state index is 0.300. The van der Waals surface area contributed by atoms with Crippen molar-refractivity contribution in [3.63, 3.8) is 0 Å². The predicted octanol–water partition coefficient (Wildman–Crippen LogP) is 4.93. The number of aryl methyl sites for hydroxylation is 3. The summed E-state index contributed by atoms with van der Waals surface area (Å²) in [7, 11) is 0. The molecule has 2 aromatic carbocycles. The van der Waals surface area contributed by atoms with Crippen molar-refractivity contribution in [1.82, 2.24) is 0 Å². The van der Waals surface area contributed by atoms with Crippen molar-refractivity contribution in [2.45, 2.75) is 52.0 Å². The summed E-state index contributed by atoms with van der Waals surface area (Å²) in [6.45, 7) is 3.82. The van der Waals surface area contributed by atoms with Crippen molar-refractivity contribution in [2.24, 2.45) is 0 Å². The van der Waals surface area contributed by atoms with E-state index in [4.69, 9.17) is 18.9 Å². The van der Waals surface area contributed by atoms with E-state index in [0.29, 0.717) is 13.6 Å². The number of pyridine rings is 1. The van der Waals surface area contributed by atoms with Gasteiger partial charge in [-0.1, -0.05) is 26.2 Å². The Morgan fingerprint density at radius 2 is 1.70 bits per heavy atom. The fourth-order valence-electron chi connectivity index (χ4n) is 5.03. The minimum absolute atomic E-state index is 0.300. The Balaban J connectivity index is 1.56. The SMILES string of the molecule is CCCCCCc1c2[n+](cc3c4c(ccc13)OCO4)CCc1cc3c(cc1-2)OCO3. The van der Waals surface area contributed by atoms with Gasteiger partial charge in [-0.15, -0.1) is 0 Å². The van der Waals surface area contributed by atoms with E-state index in [1.165, 1.54) is 53.5 Å². The molecule has 1 aromatic heterocycles. The Morgan fingerprint density at radius 3 is 2.60 bits per heavy atom. The van der Waals surface area contributed by atoms with Gasteiger partial charge < -0.3 is 18.9 Å². The molecule has 0 N–H and O–H groups in total. The zero-order chi connectivity index (χ0) is 20.1. The van der Waals surface area contributed by atoms with E-state index >= 15 is 0 Å². The molecular weight excluding hydrogens is 378 g/mol. The number of nitrogens with zero attached hydrogens (tertiary/aromatic N) is 1. The van der Waals surface area contributed by atoms with E-state index in [0.717, 1.165) is 47.8 Å². The third-order valence-corrected chi connectivity index (χ3v) is 6.52. The third-order valence-electron chi connectivity index (χ3n) is 6.52. The lowest BCUT2D eigenvalue weighted by molar-refractivity contribution is -0.686. The molecule has 5 heteroatoms. The van der Waals surface area contributed by atoms with E-state index in [1.54, 1.807) is 0 Å². The van der Waals surface area contributed by atoms with Crippen molar-refractivity contribution in [3.8, 4) is 34.3 Å². The van der Waals surface area contributed by atoms with Crippen LogP contribution < -0.4 is 23.5 Å². The molecule has 0 atom stereocenters. The number of unbranched alkanes of at least 4 members (excludes halogenated alkanes) is 3. The second-order valence-corrected chi connectivity index (χ2v) is 8.33. The lowest BCUT2D eigenvalue weighted by atomic mass is 9.89. The van der Waals surface area contributed by atoms with Gasteiger partial charge in [0.25, 0.3) is 0 Å². The molecule has 154 valence electrons. The fourth-order valence-corrected chi connectivity index (χ4v) is 5.03. The molecule has 5 nitrogen and oxygen atoms in total. The van der Waals surface area contributed by atoms with E-state index < -0.39 is 0 Å². The van der Waals surface area contributed by atoms with E-state index in [1.807, 2.05) is 0 Å². The lowest BCUT2D eigenvalue weighted by Gasteiger charge is -2.20. The van der Waals surface area contributed by atoms with Crippen LogP contribution in [0.15, 0.2) is 30.5 Å². The maximum atomic E-state index is 5.86. The predicted molar refractivity (Wildman–Crippen MR) is 113 cm³/mol. The zero-order valence-corrected chi connectivity index (χ0v) is 17.3. The first kappa shape index (κ1) is 17.9. The molecule has 0 spiro atoms. The fraction of sp³-hybridized carbons (Fsp3) is 0.400. The summed E-state index contributed by atoms with van der Waals surface area (Å²) < 4.78 is 25.3. The van der Waals surface area contributed by atoms with Crippen LogP contribution in [-0.2, 0) is 19.4 Å². The standard InChI is InChI=1S/C25H26NO4/c1-2-3-4-5-6-18-17-7-8-21-25(30-15-27-21)20(17)13-26-10-9-16-11-22-23(29-14-28-22)12-19(16)24(18)26/h7-8,11-13H,2-6,9-10,14-15H2,1H3/q+1. The molecule has 6 rings (SSSR count). The molecule has 0 saturated heterocycles. The number of aromatic nitrogens is 1. The van der Waals surface area contributed by atoms with Gasteiger partial charge in [-0.05, 0) is 42.7 Å². The summed E-state index contributed by atoms with van der Waals surface area (Å²) in [6.07, 6.45) is 9.26. The summed E-state index contributed by atoms with van der Waals surface area (Å²) in [5.41, 5.74) is 5.34. The van der Waals surface area contributed by atoms with E-state index in [-0.39, 0.29) is 0 Å². The maximum absolute atomic E-state index is 5.86. The molecule has 4 heterocycles. The van der Waals surface area contributed by atoms with Gasteiger partial charge in [0.15, 0.2) is 35.7 Å². The smallest absolute Gasteiger partial charge is 0.231 e. The van der Waals surface area contributed by atoms with Crippen LogP contribution in [0.2, 0.25) is 0 Å². The van der Waals surface area contributed by atoms with Crippen molar-refractivity contribution in [3.05, 3.63) is 41.6 Å². The Bertz CT molecular complexity index is 1150. The first-order chi connectivity index (χ1) is 14.8. The molecular formula is C25H26NO4+. The zero-order valence-electron chi connectivity index (χ0n) is 17.3. The number of hydrogen-bond acceptors (Lipinski definition) is 4. The van der Waals surface area contributed by atoms with Gasteiger partial charge in [-0.25, -0.2) is 0 Å². The summed E-state index contributed by atoms with van der Waals surface area (Å²) in [4.78, 5) is 0. The van der Waals surface area contributed by atoms with Crippen LogP contribution in [0, 0.1) is 0 Å². The summed E-state index contributed by atoms with van der Waals surface area (Å²) in [5, 5.41) is 2.43. The molecule has 3 aromatic rings. The van der Waals surface area contributed by atoms with Crippen molar-refractivity contribution in [1.29, 1.82) is 0 Å². The van der Waals surface area contributed by atoms with E-state index in [2.05, 4.69) is 42.0 Å². The van der Waals surface area contributed by atoms with E-state index in [9.17, 15) is 0 Å². The van der Waals surface area contributed by atoms with Gasteiger partial charge in [-0.2, -0.15) is 4.57 Å². The molecule has 30 heavy (non-hydrogen) atoms. The highest BCUT2D eigenvalue weighted by Gasteiger charge is 2.32. The van der Waals surface area contributed by atoms with Gasteiger partial charge in [0.1, 0.15) is 0 Å². The molecule has 3 aliphatic heterocycles. The quantitative estimate of drug-likeness (QED) is 0.447. The maximum Gasteiger partial charge on any atom is 0.231 e. The third kappa shape index (κ3) is 2.72. The van der Waals surface area contributed by atoms with Crippen molar-refractivity contribution < 1.29 is 23.5 Å². The number of benzene rings is 2. The molecule has 0 fully saturated rings. The number of rotatable bonds is 5. The van der Waals surface area contributed by atoms with Crippen LogP contribution in [0.5, 0.6) is 23.0 Å². The number of hydrogen-bond donors (Lipinski definition) is 0. The molecule has 0 unspecified atom stereocenters. The molecule has 0 saturated carbocycles. The topological polar surface area (TPSA) is 40.8 Å². The summed E-state index contributed by atoms with van der Waals surface area (Å²) >= 11 is 0. The molecule has 0 bridgehead atoms. The average molecular weight is 404 g/mol.